The molecule has 1 aromatic rings. The molecule has 0 N–H and O–H groups in total. The summed E-state index contributed by atoms with van der Waals surface area (Å²) in [6.07, 6.45) is 0. The van der Waals surface area contributed by atoms with Crippen LogP contribution in [0.4, 0.5) is 8.78 Å². The Morgan fingerprint density at radius 1 is 1.46 bits per heavy atom. The summed E-state index contributed by atoms with van der Waals surface area (Å²) in [6.45, 7) is 1.95. The van der Waals surface area contributed by atoms with Crippen molar-refractivity contribution in [1.82, 2.24) is 9.78 Å². The predicted octanol–water partition coefficient (Wildman–Crippen LogP) is 1.93. The molecular weight excluding hydrogens is 174 g/mol. The van der Waals surface area contributed by atoms with Crippen LogP contribution in [-0.4, -0.2) is 23.1 Å². The fraction of sp³-hybridized carbons (Fsp3) is 0.667. The van der Waals surface area contributed by atoms with Crippen molar-refractivity contribution >= 4 is 0 Å². The van der Waals surface area contributed by atoms with Crippen molar-refractivity contribution in [2.45, 2.75) is 19.3 Å². The molecule has 0 spiro atoms. The molecule has 0 aliphatic rings. The van der Waals surface area contributed by atoms with Gasteiger partial charge in [0, 0.05) is 12.7 Å². The molecule has 0 atom stereocenters. The first-order chi connectivity index (χ1) is 6.03. The van der Waals surface area contributed by atoms with E-state index in [1.54, 1.807) is 27.0 Å². The average Bonchev–Trinajstić information content (AvgIpc) is 2.44. The van der Waals surface area contributed by atoms with E-state index in [2.05, 4.69) is 5.10 Å². The molecule has 13 heavy (non-hydrogen) atoms. The van der Waals surface area contributed by atoms with Crippen LogP contribution in [0.15, 0.2) is 6.07 Å². The van der Waals surface area contributed by atoms with Gasteiger partial charge in [-0.15, -0.1) is 0 Å². The van der Waals surface area contributed by atoms with Crippen LogP contribution in [0.5, 0.6) is 0 Å². The first-order valence-corrected chi connectivity index (χ1v) is 4.16. The van der Waals surface area contributed by atoms with E-state index in [9.17, 15) is 8.78 Å². The third kappa shape index (κ3) is 1.71. The van der Waals surface area contributed by atoms with Gasteiger partial charge >= 0.3 is 0 Å². The molecule has 0 fully saturated rings. The normalized spacial score (nSPS) is 12.1. The van der Waals surface area contributed by atoms with Gasteiger partial charge in [0.2, 0.25) is 0 Å². The number of hydrogen-bond donors (Lipinski definition) is 0. The molecule has 0 aliphatic carbocycles. The first kappa shape index (κ1) is 10.2. The molecule has 0 amide bonds. The van der Waals surface area contributed by atoms with Crippen LogP contribution in [-0.2, 0) is 12.5 Å². The van der Waals surface area contributed by atoms with E-state index in [-0.39, 0.29) is 0 Å². The molecule has 0 unspecified atom stereocenters. The lowest BCUT2D eigenvalue weighted by atomic mass is 9.90. The lowest BCUT2D eigenvalue weighted by Crippen LogP contribution is -2.29. The average molecular weight is 188 g/mol. The Kier molecular flexibility index (Phi) is 2.68. The summed E-state index contributed by atoms with van der Waals surface area (Å²) in [5, 5.41) is 4.06. The molecule has 1 rings (SSSR count). The Morgan fingerprint density at radius 3 is 2.31 bits per heavy atom. The van der Waals surface area contributed by atoms with Crippen LogP contribution in [0.25, 0.3) is 0 Å². The van der Waals surface area contributed by atoms with Crippen molar-refractivity contribution in [3.05, 3.63) is 17.5 Å². The Balaban J connectivity index is 3.11. The Morgan fingerprint density at radius 2 is 2.00 bits per heavy atom. The highest BCUT2D eigenvalue weighted by atomic mass is 19.1. The molecule has 4 heteroatoms. The van der Waals surface area contributed by atoms with Crippen molar-refractivity contribution < 1.29 is 8.78 Å². The number of aryl methyl sites for hydroxylation is 2. The molecule has 0 aliphatic heterocycles. The minimum atomic E-state index is -1.05. The van der Waals surface area contributed by atoms with Gasteiger partial charge in [0.15, 0.2) is 0 Å². The highest BCUT2D eigenvalue weighted by Gasteiger charge is 2.30. The fourth-order valence-electron chi connectivity index (χ4n) is 1.35. The van der Waals surface area contributed by atoms with Gasteiger partial charge in [-0.25, -0.2) is 8.78 Å². The van der Waals surface area contributed by atoms with Crippen LogP contribution in [0, 0.1) is 6.92 Å². The smallest absolute Gasteiger partial charge is 0.103 e. The van der Waals surface area contributed by atoms with Gasteiger partial charge in [0.25, 0.3) is 0 Å². The van der Waals surface area contributed by atoms with Crippen molar-refractivity contribution in [3.8, 4) is 0 Å². The Bertz CT molecular complexity index is 290. The van der Waals surface area contributed by atoms with Crippen LogP contribution in [0.3, 0.4) is 0 Å². The summed E-state index contributed by atoms with van der Waals surface area (Å²) in [6, 6.07) is 1.72. The van der Waals surface area contributed by atoms with Gasteiger partial charge in [0.1, 0.15) is 13.3 Å². The highest BCUT2D eigenvalue weighted by Crippen LogP contribution is 2.25. The van der Waals surface area contributed by atoms with Crippen LogP contribution < -0.4 is 0 Å². The zero-order valence-corrected chi connectivity index (χ0v) is 8.14. The fourth-order valence-corrected chi connectivity index (χ4v) is 1.35. The van der Waals surface area contributed by atoms with E-state index in [0.29, 0.717) is 5.69 Å². The quantitative estimate of drug-likeness (QED) is 0.708. The molecule has 0 aromatic carbocycles. The summed E-state index contributed by atoms with van der Waals surface area (Å²) in [5.74, 6) is 0. The number of aromatic nitrogens is 2. The Hall–Kier alpha value is -0.930. The predicted molar refractivity (Wildman–Crippen MR) is 47.2 cm³/mol. The summed E-state index contributed by atoms with van der Waals surface area (Å²) >= 11 is 0. The molecule has 0 saturated heterocycles. The van der Waals surface area contributed by atoms with Crippen molar-refractivity contribution in [2.75, 3.05) is 13.3 Å². The Labute approximate surface area is 76.6 Å². The standard InChI is InChI=1S/C9H14F2N2/c1-7-4-8(13(3)12-7)9(2,5-10)6-11/h4H,5-6H2,1-3H3. The number of hydrogen-bond acceptors (Lipinski definition) is 1. The van der Waals surface area contributed by atoms with Crippen molar-refractivity contribution in [3.63, 3.8) is 0 Å². The minimum absolute atomic E-state index is 0.606. The van der Waals surface area contributed by atoms with Gasteiger partial charge in [-0.1, -0.05) is 0 Å². The molecule has 74 valence electrons. The SMILES string of the molecule is Cc1cc(C(C)(CF)CF)n(C)n1. The number of halogens is 2. The molecule has 0 radical (unpaired) electrons. The third-order valence-corrected chi connectivity index (χ3v) is 2.21. The molecule has 1 aromatic heterocycles. The molecule has 2 nitrogen and oxygen atoms in total. The number of rotatable bonds is 3. The second-order valence-electron chi connectivity index (χ2n) is 3.62. The largest absolute Gasteiger partial charge is 0.272 e. The van der Waals surface area contributed by atoms with Crippen LogP contribution in [0.1, 0.15) is 18.3 Å². The summed E-state index contributed by atoms with van der Waals surface area (Å²) in [4.78, 5) is 0. The second-order valence-corrected chi connectivity index (χ2v) is 3.62. The maximum atomic E-state index is 12.6. The minimum Gasteiger partial charge on any atom is -0.272 e. The van der Waals surface area contributed by atoms with E-state index in [4.69, 9.17) is 0 Å². The summed E-state index contributed by atoms with van der Waals surface area (Å²) in [7, 11) is 1.70. The zero-order chi connectivity index (χ0) is 10.1. The van der Waals surface area contributed by atoms with Crippen LogP contribution >= 0.6 is 0 Å². The molecule has 1 heterocycles. The van der Waals surface area contributed by atoms with Gasteiger partial charge in [-0.3, -0.25) is 4.68 Å². The zero-order valence-electron chi connectivity index (χ0n) is 8.14. The number of nitrogens with zero attached hydrogens (tertiary/aromatic N) is 2. The highest BCUT2D eigenvalue weighted by molar-refractivity contribution is 5.19. The summed E-state index contributed by atoms with van der Waals surface area (Å²) < 4.78 is 26.8. The number of alkyl halides is 2. The van der Waals surface area contributed by atoms with Gasteiger partial charge < -0.3 is 0 Å². The maximum absolute atomic E-state index is 12.6. The molecular formula is C9H14F2N2. The van der Waals surface area contributed by atoms with E-state index in [1.165, 1.54) is 4.68 Å². The van der Waals surface area contributed by atoms with Gasteiger partial charge in [-0.2, -0.15) is 5.10 Å². The van der Waals surface area contributed by atoms with E-state index < -0.39 is 18.8 Å². The topological polar surface area (TPSA) is 17.8 Å². The molecule has 0 saturated carbocycles. The van der Waals surface area contributed by atoms with E-state index >= 15 is 0 Å². The lowest BCUT2D eigenvalue weighted by molar-refractivity contribution is 0.246. The lowest BCUT2D eigenvalue weighted by Gasteiger charge is -2.22. The first-order valence-electron chi connectivity index (χ1n) is 4.16. The van der Waals surface area contributed by atoms with Gasteiger partial charge in [-0.05, 0) is 19.9 Å². The summed E-state index contributed by atoms with van der Waals surface area (Å²) in [5.41, 5.74) is 0.344. The van der Waals surface area contributed by atoms with Gasteiger partial charge in [0.05, 0.1) is 11.1 Å². The molecule has 0 bridgehead atoms. The van der Waals surface area contributed by atoms with E-state index in [1.807, 2.05) is 0 Å². The van der Waals surface area contributed by atoms with Crippen molar-refractivity contribution in [1.29, 1.82) is 0 Å². The monoisotopic (exact) mass is 188 g/mol. The van der Waals surface area contributed by atoms with E-state index in [0.717, 1.165) is 5.69 Å². The van der Waals surface area contributed by atoms with Crippen LogP contribution in [0.2, 0.25) is 0 Å². The maximum Gasteiger partial charge on any atom is 0.103 e. The van der Waals surface area contributed by atoms with Crippen molar-refractivity contribution in [2.24, 2.45) is 7.05 Å². The third-order valence-electron chi connectivity index (χ3n) is 2.21. The second kappa shape index (κ2) is 3.44.